The van der Waals surface area contributed by atoms with Crippen LogP contribution in [0.5, 0.6) is 0 Å². The highest BCUT2D eigenvalue weighted by molar-refractivity contribution is 6.05. The summed E-state index contributed by atoms with van der Waals surface area (Å²) in [6.07, 6.45) is 0.362. The van der Waals surface area contributed by atoms with Crippen molar-refractivity contribution in [2.45, 2.75) is 13.3 Å². The maximum atomic E-state index is 12.2. The van der Waals surface area contributed by atoms with Gasteiger partial charge < -0.3 is 5.11 Å². The number of nitrogens with zero attached hydrogens (tertiary/aromatic N) is 4. The van der Waals surface area contributed by atoms with Crippen molar-refractivity contribution in [2.24, 2.45) is 7.05 Å². The van der Waals surface area contributed by atoms with E-state index in [0.717, 1.165) is 5.56 Å². The summed E-state index contributed by atoms with van der Waals surface area (Å²) in [4.78, 5) is 13.5. The highest BCUT2D eigenvalue weighted by atomic mass is 16.2. The van der Waals surface area contributed by atoms with Crippen LogP contribution in [0.25, 0.3) is 0 Å². The molecular weight excluding hydrogens is 270 g/mol. The van der Waals surface area contributed by atoms with Crippen LogP contribution in [0.3, 0.4) is 0 Å². The number of anilines is 1. The number of benzene rings is 1. The van der Waals surface area contributed by atoms with Gasteiger partial charge in [-0.1, -0.05) is 23.0 Å². The number of hydrogen-bond donors (Lipinski definition) is 2. The lowest BCUT2D eigenvalue weighted by Gasteiger charge is -2.05. The molecule has 0 bridgehead atoms. The van der Waals surface area contributed by atoms with E-state index in [4.69, 9.17) is 5.11 Å². The van der Waals surface area contributed by atoms with Crippen LogP contribution in [0.15, 0.2) is 18.2 Å². The van der Waals surface area contributed by atoms with Crippen molar-refractivity contribution in [3.8, 4) is 11.8 Å². The maximum Gasteiger partial charge on any atom is 0.270 e. The number of aliphatic hydroxyl groups excluding tert-OH is 1. The number of aromatic nitrogens is 4. The van der Waals surface area contributed by atoms with E-state index >= 15 is 0 Å². The quantitative estimate of drug-likeness (QED) is 0.801. The first kappa shape index (κ1) is 14.7. The Labute approximate surface area is 122 Å². The van der Waals surface area contributed by atoms with Crippen molar-refractivity contribution < 1.29 is 9.90 Å². The maximum absolute atomic E-state index is 12.2. The molecule has 0 saturated heterocycles. The number of aryl methyl sites for hydroxylation is 2. The number of carbonyl (C=O) groups excluding carboxylic acids is 1. The predicted molar refractivity (Wildman–Crippen MR) is 76.5 cm³/mol. The summed E-state index contributed by atoms with van der Waals surface area (Å²) < 4.78 is 0. The second-order valence-corrected chi connectivity index (χ2v) is 4.38. The summed E-state index contributed by atoms with van der Waals surface area (Å²) in [6, 6.07) is 5.35. The lowest BCUT2D eigenvalue weighted by molar-refractivity contribution is 0.102. The molecule has 2 N–H and O–H groups in total. The van der Waals surface area contributed by atoms with E-state index in [1.54, 1.807) is 13.1 Å². The van der Waals surface area contributed by atoms with E-state index in [-0.39, 0.29) is 18.5 Å². The Kier molecular flexibility index (Phi) is 4.64. The minimum absolute atomic E-state index is 0.0100. The molecule has 21 heavy (non-hydrogen) atoms. The number of tetrazole rings is 1. The molecule has 1 amide bonds. The first-order chi connectivity index (χ1) is 10.1. The minimum atomic E-state index is -0.351. The normalized spacial score (nSPS) is 9.86. The first-order valence-electron chi connectivity index (χ1n) is 6.36. The lowest BCUT2D eigenvalue weighted by atomic mass is 10.0. The van der Waals surface area contributed by atoms with Crippen LogP contribution in [0.4, 0.5) is 5.95 Å². The van der Waals surface area contributed by atoms with Crippen molar-refractivity contribution in [1.82, 2.24) is 20.2 Å². The molecule has 0 unspecified atom stereocenters. The molecule has 108 valence electrons. The van der Waals surface area contributed by atoms with Gasteiger partial charge in [0.25, 0.3) is 11.9 Å². The van der Waals surface area contributed by atoms with Gasteiger partial charge in [-0.3, -0.25) is 10.1 Å². The number of nitrogens with one attached hydrogen (secondary N) is 1. The van der Waals surface area contributed by atoms with Crippen molar-refractivity contribution in [3.05, 3.63) is 34.9 Å². The zero-order valence-corrected chi connectivity index (χ0v) is 11.8. The standard InChI is InChI=1S/C14H15N5O2/c1-10-6-7-12(11(9-10)5-3-4-8-20)13(21)15-14-16-18-19(2)17-14/h6-7,9,20H,4,8H2,1-2H3,(H,15,17,21). The molecule has 0 saturated carbocycles. The van der Waals surface area contributed by atoms with E-state index < -0.39 is 0 Å². The van der Waals surface area contributed by atoms with Crippen molar-refractivity contribution >= 4 is 11.9 Å². The molecule has 0 spiro atoms. The van der Waals surface area contributed by atoms with Gasteiger partial charge in [-0.2, -0.15) is 4.80 Å². The van der Waals surface area contributed by atoms with Gasteiger partial charge in [-0.05, 0) is 29.8 Å². The number of hydrogen-bond acceptors (Lipinski definition) is 5. The molecule has 7 heteroatoms. The molecule has 0 aliphatic carbocycles. The molecule has 0 atom stereocenters. The van der Waals surface area contributed by atoms with Crippen molar-refractivity contribution in [3.63, 3.8) is 0 Å². The predicted octanol–water partition coefficient (Wildman–Crippen LogP) is 0.505. The third-order valence-electron chi connectivity index (χ3n) is 2.61. The summed E-state index contributed by atoms with van der Waals surface area (Å²) in [5.74, 6) is 5.49. The van der Waals surface area contributed by atoms with Gasteiger partial charge in [-0.15, -0.1) is 5.10 Å². The number of rotatable bonds is 3. The molecule has 7 nitrogen and oxygen atoms in total. The third kappa shape index (κ3) is 3.87. The molecule has 2 rings (SSSR count). The highest BCUT2D eigenvalue weighted by Gasteiger charge is 2.13. The Morgan fingerprint density at radius 3 is 2.95 bits per heavy atom. The van der Waals surface area contributed by atoms with Crippen LogP contribution in [-0.4, -0.2) is 37.8 Å². The van der Waals surface area contributed by atoms with Crippen LogP contribution in [0.1, 0.15) is 27.9 Å². The van der Waals surface area contributed by atoms with Gasteiger partial charge >= 0.3 is 0 Å². The zero-order chi connectivity index (χ0) is 15.2. The Morgan fingerprint density at radius 1 is 1.48 bits per heavy atom. The van der Waals surface area contributed by atoms with E-state index in [1.165, 1.54) is 4.80 Å². The lowest BCUT2D eigenvalue weighted by Crippen LogP contribution is -2.15. The zero-order valence-electron chi connectivity index (χ0n) is 11.8. The number of aliphatic hydroxyl groups is 1. The Balaban J connectivity index is 2.26. The van der Waals surface area contributed by atoms with Crippen LogP contribution in [0.2, 0.25) is 0 Å². The van der Waals surface area contributed by atoms with Crippen LogP contribution >= 0.6 is 0 Å². The molecule has 2 aromatic rings. The summed E-state index contributed by atoms with van der Waals surface area (Å²) >= 11 is 0. The molecule has 1 aromatic carbocycles. The van der Waals surface area contributed by atoms with E-state index in [9.17, 15) is 4.79 Å². The van der Waals surface area contributed by atoms with E-state index in [2.05, 4.69) is 32.6 Å². The number of amides is 1. The molecule has 0 aliphatic heterocycles. The van der Waals surface area contributed by atoms with Crippen molar-refractivity contribution in [1.29, 1.82) is 0 Å². The Morgan fingerprint density at radius 2 is 2.29 bits per heavy atom. The topological polar surface area (TPSA) is 92.9 Å². The molecule has 0 aliphatic rings. The summed E-state index contributed by atoms with van der Waals surface area (Å²) in [7, 11) is 1.61. The second kappa shape index (κ2) is 6.63. The van der Waals surface area contributed by atoms with Crippen LogP contribution < -0.4 is 5.32 Å². The van der Waals surface area contributed by atoms with E-state index in [0.29, 0.717) is 17.5 Å². The van der Waals surface area contributed by atoms with Gasteiger partial charge in [-0.25, -0.2) is 0 Å². The summed E-state index contributed by atoms with van der Waals surface area (Å²) in [5.41, 5.74) is 2.03. The largest absolute Gasteiger partial charge is 0.395 e. The van der Waals surface area contributed by atoms with Gasteiger partial charge in [0.1, 0.15) is 0 Å². The Bertz CT molecular complexity index is 712. The molecular formula is C14H15N5O2. The Hall–Kier alpha value is -2.72. The fourth-order valence-electron chi connectivity index (χ4n) is 1.68. The highest BCUT2D eigenvalue weighted by Crippen LogP contribution is 2.12. The van der Waals surface area contributed by atoms with E-state index in [1.807, 2.05) is 19.1 Å². The smallest absolute Gasteiger partial charge is 0.270 e. The second-order valence-electron chi connectivity index (χ2n) is 4.38. The van der Waals surface area contributed by atoms with Gasteiger partial charge in [0.2, 0.25) is 0 Å². The van der Waals surface area contributed by atoms with Crippen LogP contribution in [0, 0.1) is 18.8 Å². The average Bonchev–Trinajstić information content (AvgIpc) is 2.84. The minimum Gasteiger partial charge on any atom is -0.395 e. The SMILES string of the molecule is Cc1ccc(C(=O)Nc2nnn(C)n2)c(C#CCCO)c1. The molecule has 0 fully saturated rings. The van der Waals surface area contributed by atoms with Gasteiger partial charge in [0.05, 0.1) is 19.2 Å². The molecule has 1 heterocycles. The third-order valence-corrected chi connectivity index (χ3v) is 2.61. The summed E-state index contributed by atoms with van der Waals surface area (Å²) in [6.45, 7) is 1.91. The molecule has 1 aromatic heterocycles. The monoisotopic (exact) mass is 285 g/mol. The summed E-state index contributed by atoms with van der Waals surface area (Å²) in [5, 5.41) is 22.6. The fourth-order valence-corrected chi connectivity index (χ4v) is 1.68. The van der Waals surface area contributed by atoms with Gasteiger partial charge in [0.15, 0.2) is 0 Å². The van der Waals surface area contributed by atoms with Crippen LogP contribution in [-0.2, 0) is 7.05 Å². The van der Waals surface area contributed by atoms with Crippen molar-refractivity contribution in [2.75, 3.05) is 11.9 Å². The first-order valence-corrected chi connectivity index (χ1v) is 6.36. The number of carbonyl (C=O) groups is 1. The fraction of sp³-hybridized carbons (Fsp3) is 0.286. The molecule has 0 radical (unpaired) electrons. The van der Waals surface area contributed by atoms with Gasteiger partial charge in [0, 0.05) is 12.0 Å². The average molecular weight is 285 g/mol.